The summed E-state index contributed by atoms with van der Waals surface area (Å²) < 4.78 is 0. The van der Waals surface area contributed by atoms with E-state index in [1.807, 2.05) is 0 Å². The van der Waals surface area contributed by atoms with Crippen molar-refractivity contribution in [1.29, 1.82) is 0 Å². The summed E-state index contributed by atoms with van der Waals surface area (Å²) in [6, 6.07) is 0.733. The predicted octanol–water partition coefficient (Wildman–Crippen LogP) is -0.0492. The van der Waals surface area contributed by atoms with Gasteiger partial charge in [-0.1, -0.05) is 0 Å². The van der Waals surface area contributed by atoms with Gasteiger partial charge in [0.15, 0.2) is 0 Å². The standard InChI is InChI=1S/C12H28N4/c1-15(2)8-3-7-14-12-4-9-16(10-5-12)11-6-13/h12,14H,3-11,13H2,1-2H3. The lowest BCUT2D eigenvalue weighted by atomic mass is 10.1. The van der Waals surface area contributed by atoms with Gasteiger partial charge in [0.1, 0.15) is 0 Å². The molecule has 0 aromatic rings. The van der Waals surface area contributed by atoms with E-state index in [-0.39, 0.29) is 0 Å². The van der Waals surface area contributed by atoms with Crippen molar-refractivity contribution in [2.24, 2.45) is 5.73 Å². The Morgan fingerprint density at radius 3 is 2.56 bits per heavy atom. The number of nitrogens with two attached hydrogens (primary N) is 1. The zero-order valence-corrected chi connectivity index (χ0v) is 10.9. The van der Waals surface area contributed by atoms with Crippen LogP contribution < -0.4 is 11.1 Å². The molecular weight excluding hydrogens is 200 g/mol. The minimum atomic E-state index is 0.733. The molecule has 0 aromatic heterocycles. The van der Waals surface area contributed by atoms with Crippen LogP contribution in [0.5, 0.6) is 0 Å². The highest BCUT2D eigenvalue weighted by Gasteiger charge is 2.17. The fourth-order valence-corrected chi connectivity index (χ4v) is 2.24. The largest absolute Gasteiger partial charge is 0.329 e. The van der Waals surface area contributed by atoms with Gasteiger partial charge in [0.2, 0.25) is 0 Å². The molecule has 4 nitrogen and oxygen atoms in total. The molecule has 0 spiro atoms. The van der Waals surface area contributed by atoms with Gasteiger partial charge in [-0.15, -0.1) is 0 Å². The van der Waals surface area contributed by atoms with Crippen molar-refractivity contribution in [2.45, 2.75) is 25.3 Å². The number of nitrogens with zero attached hydrogens (tertiary/aromatic N) is 2. The first-order valence-electron chi connectivity index (χ1n) is 6.53. The Balaban J connectivity index is 1.99. The lowest BCUT2D eigenvalue weighted by molar-refractivity contribution is 0.201. The second-order valence-corrected chi connectivity index (χ2v) is 5.02. The van der Waals surface area contributed by atoms with E-state index in [0.717, 1.165) is 25.7 Å². The smallest absolute Gasteiger partial charge is 0.0105 e. The zero-order valence-electron chi connectivity index (χ0n) is 10.9. The van der Waals surface area contributed by atoms with E-state index in [1.54, 1.807) is 0 Å². The fraction of sp³-hybridized carbons (Fsp3) is 1.00. The molecule has 1 aliphatic heterocycles. The second-order valence-electron chi connectivity index (χ2n) is 5.02. The Morgan fingerprint density at radius 2 is 2.00 bits per heavy atom. The zero-order chi connectivity index (χ0) is 11.8. The monoisotopic (exact) mass is 228 g/mol. The van der Waals surface area contributed by atoms with E-state index in [1.165, 1.54) is 38.9 Å². The average Bonchev–Trinajstić information content (AvgIpc) is 2.27. The van der Waals surface area contributed by atoms with Crippen LogP contribution in [0.2, 0.25) is 0 Å². The summed E-state index contributed by atoms with van der Waals surface area (Å²) >= 11 is 0. The number of hydrogen-bond donors (Lipinski definition) is 2. The molecule has 0 radical (unpaired) electrons. The van der Waals surface area contributed by atoms with Crippen LogP contribution in [0.3, 0.4) is 0 Å². The quantitative estimate of drug-likeness (QED) is 0.600. The normalized spacial score (nSPS) is 19.5. The van der Waals surface area contributed by atoms with Crippen LogP contribution >= 0.6 is 0 Å². The van der Waals surface area contributed by atoms with Crippen LogP contribution in [-0.2, 0) is 0 Å². The summed E-state index contributed by atoms with van der Waals surface area (Å²) in [6.07, 6.45) is 3.81. The number of piperidine rings is 1. The molecule has 1 fully saturated rings. The van der Waals surface area contributed by atoms with Crippen molar-refractivity contribution in [1.82, 2.24) is 15.1 Å². The molecular formula is C12H28N4. The summed E-state index contributed by atoms with van der Waals surface area (Å²) in [7, 11) is 4.26. The number of hydrogen-bond acceptors (Lipinski definition) is 4. The highest BCUT2D eigenvalue weighted by Crippen LogP contribution is 2.09. The van der Waals surface area contributed by atoms with Gasteiger partial charge in [0.25, 0.3) is 0 Å². The lowest BCUT2D eigenvalue weighted by Gasteiger charge is -2.32. The van der Waals surface area contributed by atoms with Crippen LogP contribution in [0.4, 0.5) is 0 Å². The van der Waals surface area contributed by atoms with E-state index >= 15 is 0 Å². The first kappa shape index (κ1) is 13.9. The lowest BCUT2D eigenvalue weighted by Crippen LogP contribution is -2.44. The van der Waals surface area contributed by atoms with Crippen molar-refractivity contribution in [2.75, 3.05) is 53.4 Å². The summed E-state index contributed by atoms with van der Waals surface area (Å²) in [5.74, 6) is 0. The van der Waals surface area contributed by atoms with Crippen LogP contribution in [-0.4, -0.2) is 69.2 Å². The van der Waals surface area contributed by atoms with Gasteiger partial charge in [0, 0.05) is 19.1 Å². The molecule has 1 saturated heterocycles. The predicted molar refractivity (Wildman–Crippen MR) is 69.7 cm³/mol. The van der Waals surface area contributed by atoms with E-state index in [0.29, 0.717) is 0 Å². The number of nitrogens with one attached hydrogen (secondary N) is 1. The summed E-state index contributed by atoms with van der Waals surface area (Å²) in [5, 5.41) is 3.66. The van der Waals surface area contributed by atoms with E-state index in [2.05, 4.69) is 29.2 Å². The third-order valence-corrected chi connectivity index (χ3v) is 3.25. The van der Waals surface area contributed by atoms with Gasteiger partial charge in [-0.05, 0) is 59.5 Å². The molecule has 0 bridgehead atoms. The second kappa shape index (κ2) is 8.01. The van der Waals surface area contributed by atoms with Crippen LogP contribution in [0.25, 0.3) is 0 Å². The van der Waals surface area contributed by atoms with E-state index < -0.39 is 0 Å². The minimum absolute atomic E-state index is 0.733. The van der Waals surface area contributed by atoms with Crippen molar-refractivity contribution < 1.29 is 0 Å². The summed E-state index contributed by atoms with van der Waals surface area (Å²) in [6.45, 7) is 6.61. The molecule has 96 valence electrons. The Hall–Kier alpha value is -0.160. The van der Waals surface area contributed by atoms with Crippen molar-refractivity contribution >= 4 is 0 Å². The SMILES string of the molecule is CN(C)CCCNC1CCN(CCN)CC1. The molecule has 0 amide bonds. The van der Waals surface area contributed by atoms with Crippen LogP contribution in [0, 0.1) is 0 Å². The average molecular weight is 228 g/mol. The Labute approximate surface area is 100 Å². The van der Waals surface area contributed by atoms with E-state index in [4.69, 9.17) is 5.73 Å². The minimum Gasteiger partial charge on any atom is -0.329 e. The first-order valence-corrected chi connectivity index (χ1v) is 6.53. The van der Waals surface area contributed by atoms with Gasteiger partial charge in [-0.2, -0.15) is 0 Å². The molecule has 0 aliphatic carbocycles. The Morgan fingerprint density at radius 1 is 1.31 bits per heavy atom. The molecule has 3 N–H and O–H groups in total. The van der Waals surface area contributed by atoms with Crippen molar-refractivity contribution in [3.63, 3.8) is 0 Å². The number of rotatable bonds is 7. The van der Waals surface area contributed by atoms with Gasteiger partial charge < -0.3 is 20.9 Å². The fourth-order valence-electron chi connectivity index (χ4n) is 2.24. The third-order valence-electron chi connectivity index (χ3n) is 3.25. The highest BCUT2D eigenvalue weighted by atomic mass is 15.1. The maximum absolute atomic E-state index is 5.56. The molecule has 0 saturated carbocycles. The third kappa shape index (κ3) is 5.80. The molecule has 1 aliphatic rings. The van der Waals surface area contributed by atoms with Gasteiger partial charge in [-0.3, -0.25) is 0 Å². The molecule has 1 heterocycles. The summed E-state index contributed by atoms with van der Waals surface area (Å²) in [5.41, 5.74) is 5.56. The van der Waals surface area contributed by atoms with Crippen LogP contribution in [0.1, 0.15) is 19.3 Å². The summed E-state index contributed by atoms with van der Waals surface area (Å²) in [4.78, 5) is 4.71. The Bertz CT molecular complexity index is 164. The molecule has 4 heteroatoms. The molecule has 1 rings (SSSR count). The first-order chi connectivity index (χ1) is 7.72. The van der Waals surface area contributed by atoms with Gasteiger partial charge in [-0.25, -0.2) is 0 Å². The van der Waals surface area contributed by atoms with Crippen LogP contribution in [0.15, 0.2) is 0 Å². The molecule has 0 aromatic carbocycles. The highest BCUT2D eigenvalue weighted by molar-refractivity contribution is 4.77. The maximum atomic E-state index is 5.56. The van der Waals surface area contributed by atoms with Gasteiger partial charge in [0.05, 0.1) is 0 Å². The Kier molecular flexibility index (Phi) is 6.96. The molecule has 0 unspecified atom stereocenters. The van der Waals surface area contributed by atoms with Crippen molar-refractivity contribution in [3.05, 3.63) is 0 Å². The maximum Gasteiger partial charge on any atom is 0.0105 e. The number of likely N-dealkylation sites (tertiary alicyclic amines) is 1. The molecule has 0 atom stereocenters. The van der Waals surface area contributed by atoms with Crippen molar-refractivity contribution in [3.8, 4) is 0 Å². The molecule has 16 heavy (non-hydrogen) atoms. The van der Waals surface area contributed by atoms with E-state index in [9.17, 15) is 0 Å². The van der Waals surface area contributed by atoms with Gasteiger partial charge >= 0.3 is 0 Å². The topological polar surface area (TPSA) is 44.5 Å².